The number of amides is 2. The first-order valence-electron chi connectivity index (χ1n) is 15.9. The molecule has 2 heterocycles. The Kier molecular flexibility index (Phi) is 10.8. The van der Waals surface area contributed by atoms with Gasteiger partial charge in [-0.2, -0.15) is 0 Å². The lowest BCUT2D eigenvalue weighted by Gasteiger charge is -2.34. The Labute approximate surface area is 293 Å². The summed E-state index contributed by atoms with van der Waals surface area (Å²) < 4.78 is 46.7. The van der Waals surface area contributed by atoms with E-state index in [0.29, 0.717) is 34.2 Å². The number of benzene rings is 3. The van der Waals surface area contributed by atoms with E-state index in [4.69, 9.17) is 25.8 Å². The first-order valence-corrected chi connectivity index (χ1v) is 17.7. The third kappa shape index (κ3) is 6.82. The number of likely N-dealkylation sites (N-methyl/N-ethyl adjacent to an activating group) is 2. The Balaban J connectivity index is 1.69. The summed E-state index contributed by atoms with van der Waals surface area (Å²) in [5.41, 5.74) is 0.217. The maximum absolute atomic E-state index is 15.2. The number of anilines is 1. The molecule has 14 heteroatoms. The van der Waals surface area contributed by atoms with Gasteiger partial charge in [-0.1, -0.05) is 23.7 Å². The van der Waals surface area contributed by atoms with E-state index in [9.17, 15) is 13.2 Å². The highest BCUT2D eigenvalue weighted by Gasteiger charge is 2.57. The molecule has 2 amide bonds. The second-order valence-electron chi connectivity index (χ2n) is 12.6. The SMILES string of the molecule is COc1ccc(S(=O)(=O)N2C(=O)C(CN[C@@H](C)C(=O)N(C)C)(c3ccc(CN4CCN(C)CC4)cc3OC)c3cc(Cl)ccc32)c(OC)c1. The van der Waals surface area contributed by atoms with E-state index in [1.807, 2.05) is 18.2 Å². The van der Waals surface area contributed by atoms with Crippen LogP contribution in [-0.2, 0) is 31.6 Å². The van der Waals surface area contributed by atoms with E-state index in [0.717, 1.165) is 36.0 Å². The summed E-state index contributed by atoms with van der Waals surface area (Å²) in [5, 5.41) is 3.54. The number of hydrogen-bond donors (Lipinski definition) is 1. The van der Waals surface area contributed by atoms with Crippen LogP contribution >= 0.6 is 11.6 Å². The van der Waals surface area contributed by atoms with Crippen molar-refractivity contribution in [2.75, 3.05) is 79.5 Å². The van der Waals surface area contributed by atoms with Crippen molar-refractivity contribution in [2.24, 2.45) is 0 Å². The number of methoxy groups -OCH3 is 3. The minimum absolute atomic E-state index is 0.00864. The quantitative estimate of drug-likeness (QED) is 0.300. The topological polar surface area (TPSA) is 121 Å². The monoisotopic (exact) mass is 713 g/mol. The van der Waals surface area contributed by atoms with E-state index in [1.165, 1.54) is 50.5 Å². The molecular formula is C35H44ClN5O7S. The van der Waals surface area contributed by atoms with Gasteiger partial charge in [0.25, 0.3) is 15.9 Å². The molecule has 5 rings (SSSR count). The largest absolute Gasteiger partial charge is 0.497 e. The van der Waals surface area contributed by atoms with Crippen LogP contribution in [0.3, 0.4) is 0 Å². The number of ether oxygens (including phenoxy) is 3. The van der Waals surface area contributed by atoms with Gasteiger partial charge >= 0.3 is 0 Å². The van der Waals surface area contributed by atoms with Crippen molar-refractivity contribution in [3.05, 3.63) is 76.3 Å². The average Bonchev–Trinajstić information content (AvgIpc) is 3.34. The standard InChI is InChI=1S/C35H44ClN5O7S/c1-23(33(42)38(2)3)37-22-35(27-11-8-24(18-30(27)47-6)21-40-16-14-39(4)15-17-40)28-19-25(36)9-12-29(28)41(34(35)43)49(44,45)32-13-10-26(46-5)20-31(32)48-7/h8-13,18-20,23,37H,14-17,21-22H2,1-7H3/t23-,35?/m0/s1. The Hall–Kier alpha value is -3.88. The molecule has 0 spiro atoms. The number of piperazine rings is 1. The lowest BCUT2D eigenvalue weighted by Crippen LogP contribution is -2.53. The molecule has 2 aliphatic rings. The fourth-order valence-corrected chi connectivity index (χ4v) is 8.31. The third-order valence-corrected chi connectivity index (χ3v) is 11.3. The summed E-state index contributed by atoms with van der Waals surface area (Å²) in [4.78, 5) is 34.0. The number of carbonyl (C=O) groups is 2. The third-order valence-electron chi connectivity index (χ3n) is 9.29. The first kappa shape index (κ1) is 36.4. The zero-order chi connectivity index (χ0) is 35.7. The van der Waals surface area contributed by atoms with Gasteiger partial charge in [0.2, 0.25) is 5.91 Å². The van der Waals surface area contributed by atoms with Crippen LogP contribution in [0.2, 0.25) is 5.02 Å². The van der Waals surface area contributed by atoms with Gasteiger partial charge in [0, 0.05) is 70.0 Å². The number of hydrogen-bond acceptors (Lipinski definition) is 10. The van der Waals surface area contributed by atoms with E-state index < -0.39 is 27.4 Å². The zero-order valence-corrected chi connectivity index (χ0v) is 30.5. The average molecular weight is 714 g/mol. The summed E-state index contributed by atoms with van der Waals surface area (Å²) in [6.07, 6.45) is 0. The molecule has 1 N–H and O–H groups in total. The number of carbonyl (C=O) groups excluding carboxylic acids is 2. The van der Waals surface area contributed by atoms with E-state index in [-0.39, 0.29) is 28.8 Å². The molecule has 3 aromatic rings. The summed E-state index contributed by atoms with van der Waals surface area (Å²) >= 11 is 6.58. The molecule has 1 unspecified atom stereocenters. The number of rotatable bonds is 12. The van der Waals surface area contributed by atoms with Crippen molar-refractivity contribution in [3.63, 3.8) is 0 Å². The Morgan fingerprint density at radius 3 is 2.27 bits per heavy atom. The van der Waals surface area contributed by atoms with Crippen molar-refractivity contribution in [1.29, 1.82) is 0 Å². The molecule has 1 fully saturated rings. The molecule has 0 radical (unpaired) electrons. The highest BCUT2D eigenvalue weighted by Crippen LogP contribution is 2.52. The Bertz CT molecular complexity index is 1830. The number of fused-ring (bicyclic) bond motifs is 1. The molecule has 0 aliphatic carbocycles. The number of nitrogens with one attached hydrogen (secondary N) is 1. The van der Waals surface area contributed by atoms with Crippen molar-refractivity contribution in [3.8, 4) is 17.2 Å². The predicted octanol–water partition coefficient (Wildman–Crippen LogP) is 3.20. The second kappa shape index (κ2) is 14.5. The number of halogens is 1. The van der Waals surface area contributed by atoms with E-state index >= 15 is 4.79 Å². The van der Waals surface area contributed by atoms with Crippen LogP contribution in [0.25, 0.3) is 0 Å². The molecule has 1 saturated heterocycles. The van der Waals surface area contributed by atoms with Gasteiger partial charge in [-0.05, 0) is 61.5 Å². The van der Waals surface area contributed by atoms with Crippen molar-refractivity contribution >= 4 is 39.1 Å². The van der Waals surface area contributed by atoms with Crippen LogP contribution in [0, 0.1) is 0 Å². The van der Waals surface area contributed by atoms with Gasteiger partial charge in [0.05, 0.1) is 33.1 Å². The summed E-state index contributed by atoms with van der Waals surface area (Å²) in [6, 6.07) is 13.9. The van der Waals surface area contributed by atoms with Crippen LogP contribution in [-0.4, -0.2) is 116 Å². The molecule has 49 heavy (non-hydrogen) atoms. The smallest absolute Gasteiger partial charge is 0.274 e. The van der Waals surface area contributed by atoms with Crippen LogP contribution in [0.1, 0.15) is 23.6 Å². The van der Waals surface area contributed by atoms with Crippen LogP contribution in [0.4, 0.5) is 5.69 Å². The van der Waals surface area contributed by atoms with Crippen molar-refractivity contribution in [2.45, 2.75) is 29.8 Å². The fraction of sp³-hybridized carbons (Fsp3) is 0.429. The minimum atomic E-state index is -4.57. The Morgan fingerprint density at radius 2 is 1.63 bits per heavy atom. The normalized spacial score (nSPS) is 19.0. The second-order valence-corrected chi connectivity index (χ2v) is 14.8. The van der Waals surface area contributed by atoms with Gasteiger partial charge < -0.3 is 29.3 Å². The van der Waals surface area contributed by atoms with E-state index in [2.05, 4.69) is 22.2 Å². The fourth-order valence-electron chi connectivity index (χ4n) is 6.51. The molecule has 0 bridgehead atoms. The molecule has 2 atom stereocenters. The van der Waals surface area contributed by atoms with Crippen molar-refractivity contribution < 1.29 is 32.2 Å². The maximum atomic E-state index is 15.2. The molecular weight excluding hydrogens is 670 g/mol. The predicted molar refractivity (Wildman–Crippen MR) is 188 cm³/mol. The molecule has 12 nitrogen and oxygen atoms in total. The van der Waals surface area contributed by atoms with Gasteiger partial charge in [-0.3, -0.25) is 14.5 Å². The van der Waals surface area contributed by atoms with E-state index in [1.54, 1.807) is 33.2 Å². The van der Waals surface area contributed by atoms with Crippen molar-refractivity contribution in [1.82, 2.24) is 20.0 Å². The van der Waals surface area contributed by atoms with Crippen LogP contribution in [0.15, 0.2) is 59.5 Å². The van der Waals surface area contributed by atoms with Crippen LogP contribution < -0.4 is 23.8 Å². The Morgan fingerprint density at radius 1 is 0.939 bits per heavy atom. The summed E-state index contributed by atoms with van der Waals surface area (Å²) in [6.45, 7) is 5.99. The molecule has 0 saturated carbocycles. The maximum Gasteiger partial charge on any atom is 0.274 e. The molecule has 2 aliphatic heterocycles. The first-order chi connectivity index (χ1) is 23.3. The minimum Gasteiger partial charge on any atom is -0.497 e. The molecule has 3 aromatic carbocycles. The lowest BCUT2D eigenvalue weighted by molar-refractivity contribution is -0.131. The van der Waals surface area contributed by atoms with Gasteiger partial charge in [-0.15, -0.1) is 0 Å². The summed E-state index contributed by atoms with van der Waals surface area (Å²) in [7, 11) is 5.14. The summed E-state index contributed by atoms with van der Waals surface area (Å²) in [5.74, 6) is -0.177. The number of sulfonamides is 1. The van der Waals surface area contributed by atoms with Gasteiger partial charge in [0.15, 0.2) is 0 Å². The molecule has 0 aromatic heterocycles. The van der Waals surface area contributed by atoms with Crippen LogP contribution in [0.5, 0.6) is 17.2 Å². The molecule has 264 valence electrons. The van der Waals surface area contributed by atoms with Gasteiger partial charge in [0.1, 0.15) is 27.6 Å². The lowest BCUT2D eigenvalue weighted by atomic mass is 9.74. The highest BCUT2D eigenvalue weighted by molar-refractivity contribution is 7.93. The van der Waals surface area contributed by atoms with Gasteiger partial charge in [-0.25, -0.2) is 12.7 Å². The highest BCUT2D eigenvalue weighted by atomic mass is 35.5. The zero-order valence-electron chi connectivity index (χ0n) is 28.9. The number of nitrogens with zero attached hydrogens (tertiary/aromatic N) is 4.